The molecule has 4 rings (SSSR count). The first-order valence-electron chi connectivity index (χ1n) is 7.87. The molecule has 2 heterocycles. The Morgan fingerprint density at radius 2 is 1.96 bits per heavy atom. The van der Waals surface area contributed by atoms with E-state index >= 15 is 0 Å². The maximum atomic E-state index is 5.36. The van der Waals surface area contributed by atoms with Crippen LogP contribution in [0.1, 0.15) is 16.7 Å². The number of aryl methyl sites for hydroxylation is 1. The number of anilines is 1. The van der Waals surface area contributed by atoms with E-state index in [2.05, 4.69) is 52.1 Å². The van der Waals surface area contributed by atoms with Crippen LogP contribution in [0.15, 0.2) is 42.7 Å². The summed E-state index contributed by atoms with van der Waals surface area (Å²) < 4.78 is 5.36. The van der Waals surface area contributed by atoms with Crippen molar-refractivity contribution in [2.45, 2.75) is 19.9 Å². The molecule has 3 aromatic rings. The van der Waals surface area contributed by atoms with Crippen LogP contribution in [0, 0.1) is 6.92 Å². The molecule has 1 aromatic heterocycles. The van der Waals surface area contributed by atoms with E-state index in [0.29, 0.717) is 0 Å². The summed E-state index contributed by atoms with van der Waals surface area (Å²) in [6.45, 7) is 3.93. The highest BCUT2D eigenvalue weighted by Crippen LogP contribution is 2.30. The van der Waals surface area contributed by atoms with Crippen LogP contribution in [-0.4, -0.2) is 23.6 Å². The number of methoxy groups -OCH3 is 1. The maximum Gasteiger partial charge on any atom is 0.140 e. The average Bonchev–Trinajstić information content (AvgIpc) is 2.60. The van der Waals surface area contributed by atoms with Crippen LogP contribution >= 0.6 is 0 Å². The van der Waals surface area contributed by atoms with Crippen molar-refractivity contribution in [3.8, 4) is 5.75 Å². The molecule has 2 aromatic carbocycles. The summed E-state index contributed by atoms with van der Waals surface area (Å²) in [6.07, 6.45) is 2.69. The molecule has 0 saturated heterocycles. The topological polar surface area (TPSA) is 38.2 Å². The lowest BCUT2D eigenvalue weighted by Crippen LogP contribution is -2.31. The number of hydrogen-bond acceptors (Lipinski definition) is 4. The van der Waals surface area contributed by atoms with Gasteiger partial charge in [-0.15, -0.1) is 0 Å². The highest BCUT2D eigenvalue weighted by molar-refractivity contribution is 5.89. The minimum Gasteiger partial charge on any atom is -0.497 e. The predicted molar refractivity (Wildman–Crippen MR) is 92.0 cm³/mol. The second-order valence-corrected chi connectivity index (χ2v) is 6.02. The standard InChI is InChI=1S/C19H19N3O/c1-13-3-6-18-17(9-13)19(21-12-20-18)22-8-7-14-4-5-16(23-2)10-15(14)11-22/h3-6,9-10,12H,7-8,11H2,1-2H3. The molecule has 0 amide bonds. The number of nitrogens with zero attached hydrogens (tertiary/aromatic N) is 3. The van der Waals surface area contributed by atoms with Crippen molar-refractivity contribution in [2.75, 3.05) is 18.6 Å². The fourth-order valence-corrected chi connectivity index (χ4v) is 3.25. The SMILES string of the molecule is COc1ccc2c(c1)CN(c1ncnc3ccc(C)cc13)CC2. The third-order valence-electron chi connectivity index (χ3n) is 4.50. The summed E-state index contributed by atoms with van der Waals surface area (Å²) >= 11 is 0. The second-order valence-electron chi connectivity index (χ2n) is 6.02. The second kappa shape index (κ2) is 5.54. The van der Waals surface area contributed by atoms with Crippen LogP contribution < -0.4 is 9.64 Å². The largest absolute Gasteiger partial charge is 0.497 e. The van der Waals surface area contributed by atoms with E-state index in [0.717, 1.165) is 42.0 Å². The minimum atomic E-state index is 0.854. The predicted octanol–water partition coefficient (Wildman–Crippen LogP) is 3.51. The molecule has 116 valence electrons. The number of rotatable bonds is 2. The summed E-state index contributed by atoms with van der Waals surface area (Å²) in [5, 5.41) is 1.12. The lowest BCUT2D eigenvalue weighted by atomic mass is 9.99. The molecule has 4 heteroatoms. The van der Waals surface area contributed by atoms with Gasteiger partial charge in [0.2, 0.25) is 0 Å². The molecule has 1 aliphatic rings. The van der Waals surface area contributed by atoms with Crippen molar-refractivity contribution in [2.24, 2.45) is 0 Å². The van der Waals surface area contributed by atoms with E-state index in [9.17, 15) is 0 Å². The average molecular weight is 305 g/mol. The van der Waals surface area contributed by atoms with Gasteiger partial charge in [0.15, 0.2) is 0 Å². The Kier molecular flexibility index (Phi) is 3.37. The molecular weight excluding hydrogens is 286 g/mol. The smallest absolute Gasteiger partial charge is 0.140 e. The lowest BCUT2D eigenvalue weighted by molar-refractivity contribution is 0.413. The van der Waals surface area contributed by atoms with Crippen molar-refractivity contribution in [3.63, 3.8) is 0 Å². The van der Waals surface area contributed by atoms with Crippen LogP contribution in [0.4, 0.5) is 5.82 Å². The third kappa shape index (κ3) is 2.50. The van der Waals surface area contributed by atoms with Gasteiger partial charge in [0.05, 0.1) is 12.6 Å². The van der Waals surface area contributed by atoms with Crippen LogP contribution in [0.5, 0.6) is 5.75 Å². The summed E-state index contributed by atoms with van der Waals surface area (Å²) in [4.78, 5) is 11.3. The summed E-state index contributed by atoms with van der Waals surface area (Å²) in [7, 11) is 1.71. The van der Waals surface area contributed by atoms with Crippen molar-refractivity contribution in [1.29, 1.82) is 0 Å². The highest BCUT2D eigenvalue weighted by atomic mass is 16.5. The molecule has 0 spiro atoms. The van der Waals surface area contributed by atoms with Crippen LogP contribution in [0.3, 0.4) is 0 Å². The Hall–Kier alpha value is -2.62. The Labute approximate surface area is 135 Å². The zero-order valence-corrected chi connectivity index (χ0v) is 13.4. The normalized spacial score (nSPS) is 13.9. The van der Waals surface area contributed by atoms with Gasteiger partial charge in [-0.3, -0.25) is 0 Å². The van der Waals surface area contributed by atoms with Gasteiger partial charge in [-0.2, -0.15) is 0 Å². The van der Waals surface area contributed by atoms with E-state index in [1.54, 1.807) is 13.4 Å². The quantitative estimate of drug-likeness (QED) is 0.726. The van der Waals surface area contributed by atoms with Crippen LogP contribution in [0.25, 0.3) is 10.9 Å². The van der Waals surface area contributed by atoms with E-state index in [4.69, 9.17) is 4.74 Å². The van der Waals surface area contributed by atoms with Gasteiger partial charge in [0.1, 0.15) is 17.9 Å². The van der Waals surface area contributed by atoms with E-state index in [-0.39, 0.29) is 0 Å². The molecule has 4 nitrogen and oxygen atoms in total. The molecule has 0 fully saturated rings. The molecule has 0 atom stereocenters. The monoisotopic (exact) mass is 305 g/mol. The number of hydrogen-bond donors (Lipinski definition) is 0. The van der Waals surface area contributed by atoms with Gasteiger partial charge in [-0.25, -0.2) is 9.97 Å². The number of aromatic nitrogens is 2. The summed E-state index contributed by atoms with van der Waals surface area (Å²) in [5.74, 6) is 1.93. The van der Waals surface area contributed by atoms with Crippen molar-refractivity contribution < 1.29 is 4.74 Å². The molecule has 0 aliphatic carbocycles. The first-order valence-corrected chi connectivity index (χ1v) is 7.87. The van der Waals surface area contributed by atoms with Gasteiger partial charge in [0, 0.05) is 18.5 Å². The van der Waals surface area contributed by atoms with Crippen molar-refractivity contribution >= 4 is 16.7 Å². The van der Waals surface area contributed by atoms with Crippen molar-refractivity contribution in [1.82, 2.24) is 9.97 Å². The third-order valence-corrected chi connectivity index (χ3v) is 4.50. The maximum absolute atomic E-state index is 5.36. The van der Waals surface area contributed by atoms with Gasteiger partial charge in [-0.1, -0.05) is 17.7 Å². The van der Waals surface area contributed by atoms with Crippen LogP contribution in [-0.2, 0) is 13.0 Å². The molecule has 0 bridgehead atoms. The molecule has 1 aliphatic heterocycles. The Morgan fingerprint density at radius 3 is 2.83 bits per heavy atom. The van der Waals surface area contributed by atoms with Crippen molar-refractivity contribution in [3.05, 3.63) is 59.4 Å². The molecular formula is C19H19N3O. The zero-order valence-electron chi connectivity index (χ0n) is 13.4. The van der Waals surface area contributed by atoms with Gasteiger partial charge < -0.3 is 9.64 Å². The summed E-state index contributed by atoms with van der Waals surface area (Å²) in [5.41, 5.74) is 4.94. The number of fused-ring (bicyclic) bond motifs is 2. The van der Waals surface area contributed by atoms with E-state index in [1.165, 1.54) is 16.7 Å². The molecule has 0 unspecified atom stereocenters. The fourth-order valence-electron chi connectivity index (χ4n) is 3.25. The van der Waals surface area contributed by atoms with E-state index in [1.807, 2.05) is 6.07 Å². The molecule has 0 saturated carbocycles. The number of benzene rings is 2. The zero-order chi connectivity index (χ0) is 15.8. The minimum absolute atomic E-state index is 0.854. The summed E-state index contributed by atoms with van der Waals surface area (Å²) in [6, 6.07) is 12.7. The first-order chi connectivity index (χ1) is 11.2. The van der Waals surface area contributed by atoms with Crippen LogP contribution in [0.2, 0.25) is 0 Å². The number of ether oxygens (including phenoxy) is 1. The Morgan fingerprint density at radius 1 is 1.04 bits per heavy atom. The fraction of sp³-hybridized carbons (Fsp3) is 0.263. The van der Waals surface area contributed by atoms with E-state index < -0.39 is 0 Å². The molecule has 0 N–H and O–H groups in total. The Balaban J connectivity index is 1.76. The van der Waals surface area contributed by atoms with Gasteiger partial charge in [-0.05, 0) is 48.7 Å². The van der Waals surface area contributed by atoms with Gasteiger partial charge in [0.25, 0.3) is 0 Å². The Bertz CT molecular complexity index is 876. The first kappa shape index (κ1) is 14.0. The van der Waals surface area contributed by atoms with Gasteiger partial charge >= 0.3 is 0 Å². The molecule has 0 radical (unpaired) electrons. The highest BCUT2D eigenvalue weighted by Gasteiger charge is 2.20. The molecule has 23 heavy (non-hydrogen) atoms. The lowest BCUT2D eigenvalue weighted by Gasteiger charge is -2.30.